The first-order chi connectivity index (χ1) is 9.22. The second-order valence-electron chi connectivity index (χ2n) is 5.39. The second kappa shape index (κ2) is 8.98. The number of ether oxygens (including phenoxy) is 1. The van der Waals surface area contributed by atoms with E-state index in [0.29, 0.717) is 11.8 Å². The van der Waals surface area contributed by atoms with Crippen molar-refractivity contribution in [2.45, 2.75) is 51.9 Å². The molecule has 1 aromatic carbocycles. The van der Waals surface area contributed by atoms with E-state index in [-0.39, 0.29) is 6.61 Å². The van der Waals surface area contributed by atoms with Gasteiger partial charge in [-0.1, -0.05) is 51.7 Å². The normalized spacial score (nSPS) is 14.1. The van der Waals surface area contributed by atoms with Crippen molar-refractivity contribution in [3.8, 4) is 5.75 Å². The lowest BCUT2D eigenvalue weighted by Crippen LogP contribution is -2.13. The van der Waals surface area contributed by atoms with Crippen LogP contribution in [0.5, 0.6) is 5.75 Å². The molecular formula is C17H28O2. The summed E-state index contributed by atoms with van der Waals surface area (Å²) in [6.45, 7) is 4.62. The van der Waals surface area contributed by atoms with Crippen LogP contribution >= 0.6 is 0 Å². The van der Waals surface area contributed by atoms with Gasteiger partial charge in [0.15, 0.2) is 0 Å². The minimum absolute atomic E-state index is 0.254. The summed E-state index contributed by atoms with van der Waals surface area (Å²) in [5, 5.41) is 9.45. The van der Waals surface area contributed by atoms with Gasteiger partial charge >= 0.3 is 0 Å². The van der Waals surface area contributed by atoms with Crippen LogP contribution in [0.1, 0.15) is 57.4 Å². The molecule has 0 radical (unpaired) electrons. The molecule has 1 aromatic rings. The minimum atomic E-state index is 0.254. The fourth-order valence-corrected chi connectivity index (χ4v) is 2.55. The quantitative estimate of drug-likeness (QED) is 0.671. The third-order valence-electron chi connectivity index (χ3n) is 3.89. The van der Waals surface area contributed by atoms with Crippen molar-refractivity contribution in [3.05, 3.63) is 29.8 Å². The smallest absolute Gasteiger partial charge is 0.118 e. The average molecular weight is 264 g/mol. The van der Waals surface area contributed by atoms with Crippen molar-refractivity contribution in [3.63, 3.8) is 0 Å². The summed E-state index contributed by atoms with van der Waals surface area (Å²) in [7, 11) is 1.69. The molecule has 1 rings (SSSR count). The van der Waals surface area contributed by atoms with Crippen molar-refractivity contribution >= 4 is 0 Å². The summed E-state index contributed by atoms with van der Waals surface area (Å²) in [6.07, 6.45) is 6.27. The van der Waals surface area contributed by atoms with Crippen LogP contribution in [-0.2, 0) is 0 Å². The number of unbranched alkanes of at least 4 members (excludes halogenated alkanes) is 3. The third kappa shape index (κ3) is 5.23. The van der Waals surface area contributed by atoms with E-state index in [1.54, 1.807) is 7.11 Å². The van der Waals surface area contributed by atoms with Gasteiger partial charge < -0.3 is 9.84 Å². The summed E-state index contributed by atoms with van der Waals surface area (Å²) >= 11 is 0. The Kier molecular flexibility index (Phi) is 7.57. The zero-order chi connectivity index (χ0) is 14.1. The van der Waals surface area contributed by atoms with Crippen LogP contribution in [0.2, 0.25) is 0 Å². The lowest BCUT2D eigenvalue weighted by atomic mass is 9.83. The van der Waals surface area contributed by atoms with E-state index < -0.39 is 0 Å². The largest absolute Gasteiger partial charge is 0.497 e. The summed E-state index contributed by atoms with van der Waals surface area (Å²) in [5.41, 5.74) is 1.32. The number of hydrogen-bond acceptors (Lipinski definition) is 2. The van der Waals surface area contributed by atoms with Crippen molar-refractivity contribution in [1.82, 2.24) is 0 Å². The van der Waals surface area contributed by atoms with Crippen LogP contribution in [0.25, 0.3) is 0 Å². The van der Waals surface area contributed by atoms with Crippen molar-refractivity contribution in [2.24, 2.45) is 5.92 Å². The topological polar surface area (TPSA) is 29.5 Å². The molecule has 2 heteroatoms. The van der Waals surface area contributed by atoms with Crippen LogP contribution < -0.4 is 4.74 Å². The van der Waals surface area contributed by atoms with E-state index in [1.165, 1.54) is 31.2 Å². The van der Waals surface area contributed by atoms with Gasteiger partial charge in [-0.25, -0.2) is 0 Å². The number of methoxy groups -OCH3 is 1. The first-order valence-electron chi connectivity index (χ1n) is 7.47. The highest BCUT2D eigenvalue weighted by Crippen LogP contribution is 2.31. The molecule has 19 heavy (non-hydrogen) atoms. The number of hydrogen-bond donors (Lipinski definition) is 1. The van der Waals surface area contributed by atoms with E-state index in [2.05, 4.69) is 26.0 Å². The Morgan fingerprint density at radius 2 is 1.79 bits per heavy atom. The number of aliphatic hydroxyl groups is 1. The van der Waals surface area contributed by atoms with Gasteiger partial charge in [0.2, 0.25) is 0 Å². The molecule has 108 valence electrons. The van der Waals surface area contributed by atoms with E-state index >= 15 is 0 Å². The predicted octanol–water partition coefficient (Wildman–Crippen LogP) is 4.38. The predicted molar refractivity (Wildman–Crippen MR) is 80.7 cm³/mol. The molecule has 0 aromatic heterocycles. The number of rotatable bonds is 9. The summed E-state index contributed by atoms with van der Waals surface area (Å²) < 4.78 is 5.20. The van der Waals surface area contributed by atoms with Crippen molar-refractivity contribution in [1.29, 1.82) is 0 Å². The first kappa shape index (κ1) is 16.0. The molecule has 0 spiro atoms. The highest BCUT2D eigenvalue weighted by molar-refractivity contribution is 5.29. The summed E-state index contributed by atoms with van der Waals surface area (Å²) in [6, 6.07) is 8.29. The molecule has 2 nitrogen and oxygen atoms in total. The van der Waals surface area contributed by atoms with Crippen LogP contribution in [0.4, 0.5) is 0 Å². The molecule has 0 saturated carbocycles. The second-order valence-corrected chi connectivity index (χ2v) is 5.39. The Hall–Kier alpha value is -1.02. The molecular weight excluding hydrogens is 236 g/mol. The van der Waals surface area contributed by atoms with Crippen LogP contribution in [0.3, 0.4) is 0 Å². The average Bonchev–Trinajstić information content (AvgIpc) is 2.47. The molecule has 2 atom stereocenters. The molecule has 0 aliphatic heterocycles. The summed E-state index contributed by atoms with van der Waals surface area (Å²) in [4.78, 5) is 0. The van der Waals surface area contributed by atoms with Gasteiger partial charge in [-0.2, -0.15) is 0 Å². The zero-order valence-corrected chi connectivity index (χ0v) is 12.6. The molecule has 1 N–H and O–H groups in total. The van der Waals surface area contributed by atoms with E-state index in [0.717, 1.165) is 12.2 Å². The Labute approximate surface area is 117 Å². The molecule has 0 aliphatic rings. The number of benzene rings is 1. The van der Waals surface area contributed by atoms with Gasteiger partial charge in [0, 0.05) is 6.61 Å². The lowest BCUT2D eigenvalue weighted by molar-refractivity contribution is 0.210. The zero-order valence-electron chi connectivity index (χ0n) is 12.6. The molecule has 0 bridgehead atoms. The monoisotopic (exact) mass is 264 g/mol. The third-order valence-corrected chi connectivity index (χ3v) is 3.89. The van der Waals surface area contributed by atoms with Gasteiger partial charge in [-0.3, -0.25) is 0 Å². The van der Waals surface area contributed by atoms with Crippen molar-refractivity contribution < 1.29 is 9.84 Å². The van der Waals surface area contributed by atoms with E-state index in [4.69, 9.17) is 4.74 Å². The van der Waals surface area contributed by atoms with Gasteiger partial charge in [0.05, 0.1) is 7.11 Å². The Bertz CT molecular complexity index is 332. The maximum absolute atomic E-state index is 9.45. The van der Waals surface area contributed by atoms with Gasteiger partial charge in [-0.05, 0) is 36.0 Å². The lowest BCUT2D eigenvalue weighted by Gasteiger charge is -2.23. The molecule has 0 unspecified atom stereocenters. The fraction of sp³-hybridized carbons (Fsp3) is 0.647. The molecule has 0 heterocycles. The molecule has 0 aliphatic carbocycles. The standard InChI is InChI=1S/C17H28O2/c1-4-5-6-7-8-17(14(2)13-18)15-9-11-16(19-3)12-10-15/h9-12,14,17-18H,4-8,13H2,1-3H3/t14-,17-/m1/s1. The van der Waals surface area contributed by atoms with Crippen LogP contribution in [0.15, 0.2) is 24.3 Å². The summed E-state index contributed by atoms with van der Waals surface area (Å²) in [5.74, 6) is 1.66. The molecule has 0 fully saturated rings. The maximum Gasteiger partial charge on any atom is 0.118 e. The fourth-order valence-electron chi connectivity index (χ4n) is 2.55. The Morgan fingerprint density at radius 3 is 2.32 bits per heavy atom. The van der Waals surface area contributed by atoms with Crippen LogP contribution in [-0.4, -0.2) is 18.8 Å². The maximum atomic E-state index is 9.45. The molecule has 0 saturated heterocycles. The number of aliphatic hydroxyl groups excluding tert-OH is 1. The molecule has 0 amide bonds. The highest BCUT2D eigenvalue weighted by Gasteiger charge is 2.18. The van der Waals surface area contributed by atoms with Crippen molar-refractivity contribution in [2.75, 3.05) is 13.7 Å². The SMILES string of the molecule is CCCCCC[C@@H](c1ccc(OC)cc1)[C@H](C)CO. The van der Waals surface area contributed by atoms with Crippen LogP contribution in [0, 0.1) is 5.92 Å². The van der Waals surface area contributed by atoms with Gasteiger partial charge in [0.1, 0.15) is 5.75 Å². The Balaban J connectivity index is 2.66. The van der Waals surface area contributed by atoms with E-state index in [1.807, 2.05) is 12.1 Å². The van der Waals surface area contributed by atoms with Gasteiger partial charge in [0.25, 0.3) is 0 Å². The van der Waals surface area contributed by atoms with Gasteiger partial charge in [-0.15, -0.1) is 0 Å². The highest BCUT2D eigenvalue weighted by atomic mass is 16.5. The Morgan fingerprint density at radius 1 is 1.11 bits per heavy atom. The van der Waals surface area contributed by atoms with E-state index in [9.17, 15) is 5.11 Å². The minimum Gasteiger partial charge on any atom is -0.497 e. The first-order valence-corrected chi connectivity index (χ1v) is 7.47.